The first-order valence-electron chi connectivity index (χ1n) is 7.76. The number of amides is 2. The Morgan fingerprint density at radius 3 is 2.42 bits per heavy atom. The summed E-state index contributed by atoms with van der Waals surface area (Å²) < 4.78 is 38.7. The van der Waals surface area contributed by atoms with Gasteiger partial charge in [-0.05, 0) is 24.6 Å². The summed E-state index contributed by atoms with van der Waals surface area (Å²) in [5.41, 5.74) is -0.277. The van der Waals surface area contributed by atoms with Gasteiger partial charge in [0.1, 0.15) is 0 Å². The number of carbonyl (C=O) groups is 1. The van der Waals surface area contributed by atoms with Crippen molar-refractivity contribution in [1.82, 2.24) is 4.90 Å². The largest absolute Gasteiger partial charge is 0.416 e. The van der Waals surface area contributed by atoms with Crippen LogP contribution < -0.4 is 10.2 Å². The minimum absolute atomic E-state index is 0.0827. The van der Waals surface area contributed by atoms with Gasteiger partial charge < -0.3 is 20.2 Å². The number of benzene rings is 1. The molecule has 0 unspecified atom stereocenters. The van der Waals surface area contributed by atoms with E-state index in [1.54, 1.807) is 19.0 Å². The standard InChI is InChI=1S/C16H24F3N3O2/c1-4-5-8-22(9-10-23)15(24)20-13-11-12(16(17,18)19)6-7-14(13)21(2)3/h6-7,11,23H,4-5,8-10H2,1-3H3,(H,20,24). The average Bonchev–Trinajstić information content (AvgIpc) is 2.50. The number of nitrogens with one attached hydrogen (secondary N) is 1. The van der Waals surface area contributed by atoms with Gasteiger partial charge >= 0.3 is 12.2 Å². The molecule has 1 aromatic carbocycles. The maximum Gasteiger partial charge on any atom is 0.416 e. The molecule has 0 aliphatic carbocycles. The van der Waals surface area contributed by atoms with Crippen molar-refractivity contribution in [3.63, 3.8) is 0 Å². The summed E-state index contributed by atoms with van der Waals surface area (Å²) in [5, 5.41) is 11.6. The zero-order valence-electron chi connectivity index (χ0n) is 14.2. The van der Waals surface area contributed by atoms with Gasteiger partial charge in [-0.15, -0.1) is 0 Å². The molecule has 8 heteroatoms. The molecule has 0 heterocycles. The summed E-state index contributed by atoms with van der Waals surface area (Å²) in [6.45, 7) is 2.31. The van der Waals surface area contributed by atoms with Gasteiger partial charge in [-0.2, -0.15) is 13.2 Å². The van der Waals surface area contributed by atoms with E-state index in [0.717, 1.165) is 25.0 Å². The smallest absolute Gasteiger partial charge is 0.395 e. The number of alkyl halides is 3. The van der Waals surface area contributed by atoms with Gasteiger partial charge in [-0.3, -0.25) is 0 Å². The normalized spacial score (nSPS) is 11.3. The van der Waals surface area contributed by atoms with E-state index in [1.165, 1.54) is 11.0 Å². The van der Waals surface area contributed by atoms with Gasteiger partial charge in [-0.25, -0.2) is 4.79 Å². The van der Waals surface area contributed by atoms with Gasteiger partial charge in [0.25, 0.3) is 0 Å². The Kier molecular flexibility index (Phi) is 7.34. The van der Waals surface area contributed by atoms with E-state index >= 15 is 0 Å². The maximum absolute atomic E-state index is 12.9. The van der Waals surface area contributed by atoms with Crippen LogP contribution in [0, 0.1) is 0 Å². The van der Waals surface area contributed by atoms with Crippen LogP contribution in [0.4, 0.5) is 29.3 Å². The average molecular weight is 347 g/mol. The Morgan fingerprint density at radius 2 is 1.92 bits per heavy atom. The zero-order valence-corrected chi connectivity index (χ0v) is 14.2. The van der Waals surface area contributed by atoms with Crippen LogP contribution in [-0.4, -0.2) is 49.8 Å². The first-order chi connectivity index (χ1) is 11.2. The first kappa shape index (κ1) is 20.1. The van der Waals surface area contributed by atoms with Crippen LogP contribution >= 0.6 is 0 Å². The number of urea groups is 1. The van der Waals surface area contributed by atoms with Gasteiger partial charge in [0.05, 0.1) is 23.5 Å². The Labute approximate surface area is 140 Å². The fourth-order valence-corrected chi connectivity index (χ4v) is 2.18. The van der Waals surface area contributed by atoms with E-state index in [1.807, 2.05) is 6.92 Å². The monoisotopic (exact) mass is 347 g/mol. The van der Waals surface area contributed by atoms with Crippen molar-refractivity contribution in [2.24, 2.45) is 0 Å². The molecule has 0 fully saturated rings. The lowest BCUT2D eigenvalue weighted by atomic mass is 10.1. The maximum atomic E-state index is 12.9. The third-order valence-electron chi connectivity index (χ3n) is 3.49. The molecule has 0 saturated carbocycles. The Balaban J connectivity index is 3.07. The number of rotatable bonds is 7. The highest BCUT2D eigenvalue weighted by atomic mass is 19.4. The van der Waals surface area contributed by atoms with Crippen molar-refractivity contribution in [2.75, 3.05) is 44.0 Å². The van der Waals surface area contributed by atoms with Crippen molar-refractivity contribution >= 4 is 17.4 Å². The van der Waals surface area contributed by atoms with Crippen LogP contribution in [0.25, 0.3) is 0 Å². The van der Waals surface area contributed by atoms with Crippen LogP contribution in [-0.2, 0) is 6.18 Å². The molecule has 0 aliphatic heterocycles. The van der Waals surface area contributed by atoms with Crippen LogP contribution in [0.15, 0.2) is 18.2 Å². The van der Waals surface area contributed by atoms with Crippen molar-refractivity contribution in [2.45, 2.75) is 25.9 Å². The summed E-state index contributed by atoms with van der Waals surface area (Å²) in [6, 6.07) is 2.69. The summed E-state index contributed by atoms with van der Waals surface area (Å²) in [6.07, 6.45) is -2.88. The molecular weight excluding hydrogens is 323 g/mol. The molecule has 0 aromatic heterocycles. The number of hydrogen-bond acceptors (Lipinski definition) is 3. The molecule has 2 N–H and O–H groups in total. The number of anilines is 2. The molecule has 24 heavy (non-hydrogen) atoms. The summed E-state index contributed by atoms with van der Waals surface area (Å²) in [4.78, 5) is 15.4. The second-order valence-electron chi connectivity index (χ2n) is 5.62. The lowest BCUT2D eigenvalue weighted by Crippen LogP contribution is -2.38. The number of aliphatic hydroxyl groups is 1. The fraction of sp³-hybridized carbons (Fsp3) is 0.562. The van der Waals surface area contributed by atoms with E-state index in [2.05, 4.69) is 5.32 Å². The van der Waals surface area contributed by atoms with E-state index in [0.29, 0.717) is 12.2 Å². The van der Waals surface area contributed by atoms with E-state index in [4.69, 9.17) is 5.11 Å². The summed E-state index contributed by atoms with van der Waals surface area (Å²) >= 11 is 0. The Hall–Kier alpha value is -1.96. The molecule has 0 saturated heterocycles. The molecule has 0 radical (unpaired) electrons. The molecule has 0 bridgehead atoms. The van der Waals surface area contributed by atoms with Gasteiger partial charge in [0, 0.05) is 27.2 Å². The SMILES string of the molecule is CCCCN(CCO)C(=O)Nc1cc(C(F)(F)F)ccc1N(C)C. The molecule has 1 aromatic rings. The topological polar surface area (TPSA) is 55.8 Å². The molecular formula is C16H24F3N3O2. The Bertz CT molecular complexity index is 548. The number of carbonyl (C=O) groups excluding carboxylic acids is 1. The van der Waals surface area contributed by atoms with Crippen molar-refractivity contribution in [3.05, 3.63) is 23.8 Å². The number of hydrogen-bond donors (Lipinski definition) is 2. The molecule has 5 nitrogen and oxygen atoms in total. The van der Waals surface area contributed by atoms with Crippen molar-refractivity contribution in [3.8, 4) is 0 Å². The summed E-state index contributed by atoms with van der Waals surface area (Å²) in [7, 11) is 3.36. The number of unbranched alkanes of at least 4 members (excludes halogenated alkanes) is 1. The highest BCUT2D eigenvalue weighted by Gasteiger charge is 2.31. The highest BCUT2D eigenvalue weighted by Crippen LogP contribution is 2.35. The zero-order chi connectivity index (χ0) is 18.3. The van der Waals surface area contributed by atoms with Crippen molar-refractivity contribution in [1.29, 1.82) is 0 Å². The van der Waals surface area contributed by atoms with E-state index in [9.17, 15) is 18.0 Å². The van der Waals surface area contributed by atoms with E-state index < -0.39 is 17.8 Å². The second-order valence-corrected chi connectivity index (χ2v) is 5.62. The number of nitrogens with zero attached hydrogens (tertiary/aromatic N) is 2. The lowest BCUT2D eigenvalue weighted by molar-refractivity contribution is -0.137. The van der Waals surface area contributed by atoms with Crippen LogP contribution in [0.3, 0.4) is 0 Å². The summed E-state index contributed by atoms with van der Waals surface area (Å²) in [5.74, 6) is 0. The van der Waals surface area contributed by atoms with Gasteiger partial charge in [0.15, 0.2) is 0 Å². The third kappa shape index (κ3) is 5.59. The predicted molar refractivity (Wildman–Crippen MR) is 88.4 cm³/mol. The van der Waals surface area contributed by atoms with Gasteiger partial charge in [-0.1, -0.05) is 13.3 Å². The predicted octanol–water partition coefficient (Wildman–Crippen LogP) is 3.40. The van der Waals surface area contributed by atoms with E-state index in [-0.39, 0.29) is 18.8 Å². The van der Waals surface area contributed by atoms with Gasteiger partial charge in [0.2, 0.25) is 0 Å². The fourth-order valence-electron chi connectivity index (χ4n) is 2.18. The molecule has 1 rings (SSSR count). The quantitative estimate of drug-likeness (QED) is 0.795. The highest BCUT2D eigenvalue weighted by molar-refractivity contribution is 5.93. The third-order valence-corrected chi connectivity index (χ3v) is 3.49. The number of aliphatic hydroxyl groups excluding tert-OH is 1. The van der Waals surface area contributed by atoms with Crippen molar-refractivity contribution < 1.29 is 23.1 Å². The lowest BCUT2D eigenvalue weighted by Gasteiger charge is -2.25. The van der Waals surface area contributed by atoms with Crippen LogP contribution in [0.2, 0.25) is 0 Å². The Morgan fingerprint density at radius 1 is 1.25 bits per heavy atom. The molecule has 136 valence electrons. The number of halogens is 3. The molecule has 0 atom stereocenters. The minimum Gasteiger partial charge on any atom is -0.395 e. The molecule has 0 spiro atoms. The second kappa shape index (κ2) is 8.77. The van der Waals surface area contributed by atoms with Crippen LogP contribution in [0.5, 0.6) is 0 Å². The van der Waals surface area contributed by atoms with Crippen LogP contribution in [0.1, 0.15) is 25.3 Å². The molecule has 2 amide bonds. The molecule has 0 aliphatic rings. The minimum atomic E-state index is -4.49. The first-order valence-corrected chi connectivity index (χ1v) is 7.76.